The molecule has 2 heterocycles. The fraction of sp³-hybridized carbons (Fsp3) is 0.304. The predicted octanol–water partition coefficient (Wildman–Crippen LogP) is 4.00. The van der Waals surface area contributed by atoms with Crippen molar-refractivity contribution in [3.05, 3.63) is 77.2 Å². The van der Waals surface area contributed by atoms with Crippen LogP contribution in [-0.2, 0) is 10.2 Å². The fourth-order valence-corrected chi connectivity index (χ4v) is 3.80. The third-order valence-electron chi connectivity index (χ3n) is 5.64. The molecule has 1 amide bonds. The van der Waals surface area contributed by atoms with Crippen LogP contribution in [0.25, 0.3) is 11.3 Å². The lowest BCUT2D eigenvalue weighted by molar-refractivity contribution is 0.0486. The maximum Gasteiger partial charge on any atom is 0.269 e. The van der Waals surface area contributed by atoms with Gasteiger partial charge in [0.1, 0.15) is 11.5 Å². The topological polar surface area (TPSA) is 67.0 Å². The molecule has 0 bridgehead atoms. The number of rotatable bonds is 5. The van der Waals surface area contributed by atoms with Crippen LogP contribution in [0.3, 0.4) is 0 Å². The van der Waals surface area contributed by atoms with Crippen molar-refractivity contribution < 1.29 is 13.9 Å². The standard InChI is InChI=1S/C23H24FN3O2/c1-16-5-7-17(8-6-16)20-14-21(27-26-20)22(28)25-15-23(9-11-29-12-10-23)18-3-2-4-19(24)13-18/h2-8,13-14H,9-12,15H2,1H3,(H,25,28)(H,26,27). The molecule has 2 N–H and O–H groups in total. The van der Waals surface area contributed by atoms with Gasteiger partial charge in [0.05, 0.1) is 5.69 Å². The van der Waals surface area contributed by atoms with E-state index in [0.29, 0.717) is 25.5 Å². The molecule has 6 heteroatoms. The van der Waals surface area contributed by atoms with Crippen LogP contribution in [0.1, 0.15) is 34.5 Å². The highest BCUT2D eigenvalue weighted by Gasteiger charge is 2.35. The van der Waals surface area contributed by atoms with E-state index in [0.717, 1.165) is 29.7 Å². The summed E-state index contributed by atoms with van der Waals surface area (Å²) in [6.07, 6.45) is 1.46. The summed E-state index contributed by atoms with van der Waals surface area (Å²) in [7, 11) is 0. The average molecular weight is 393 g/mol. The maximum absolute atomic E-state index is 13.8. The molecule has 3 aromatic rings. The summed E-state index contributed by atoms with van der Waals surface area (Å²) in [6.45, 7) is 3.62. The van der Waals surface area contributed by atoms with Crippen LogP contribution in [-0.4, -0.2) is 35.9 Å². The zero-order chi connectivity index (χ0) is 20.3. The van der Waals surface area contributed by atoms with E-state index in [4.69, 9.17) is 4.74 Å². The van der Waals surface area contributed by atoms with Gasteiger partial charge < -0.3 is 10.1 Å². The molecule has 4 rings (SSSR count). The molecule has 0 spiro atoms. The summed E-state index contributed by atoms with van der Waals surface area (Å²) in [4.78, 5) is 12.7. The lowest BCUT2D eigenvalue weighted by Crippen LogP contribution is -2.44. The summed E-state index contributed by atoms with van der Waals surface area (Å²) in [5.74, 6) is -0.492. The van der Waals surface area contributed by atoms with E-state index in [1.807, 2.05) is 37.3 Å². The molecular weight excluding hydrogens is 369 g/mol. The highest BCUT2D eigenvalue weighted by Crippen LogP contribution is 2.34. The highest BCUT2D eigenvalue weighted by molar-refractivity contribution is 5.93. The second kappa shape index (κ2) is 8.17. The van der Waals surface area contributed by atoms with Gasteiger partial charge in [-0.3, -0.25) is 9.89 Å². The lowest BCUT2D eigenvalue weighted by Gasteiger charge is -2.38. The minimum absolute atomic E-state index is 0.224. The van der Waals surface area contributed by atoms with Crippen LogP contribution in [0.2, 0.25) is 0 Å². The number of hydrogen-bond acceptors (Lipinski definition) is 3. The van der Waals surface area contributed by atoms with E-state index in [-0.39, 0.29) is 17.1 Å². The summed E-state index contributed by atoms with van der Waals surface area (Å²) < 4.78 is 19.3. The Morgan fingerprint density at radius 3 is 2.66 bits per heavy atom. The van der Waals surface area contributed by atoms with Crippen LogP contribution in [0.5, 0.6) is 0 Å². The second-order valence-corrected chi connectivity index (χ2v) is 7.62. The van der Waals surface area contributed by atoms with Gasteiger partial charge in [0.25, 0.3) is 5.91 Å². The van der Waals surface area contributed by atoms with Gasteiger partial charge in [0, 0.05) is 30.7 Å². The first kappa shape index (κ1) is 19.3. The number of amides is 1. The highest BCUT2D eigenvalue weighted by atomic mass is 19.1. The van der Waals surface area contributed by atoms with Gasteiger partial charge in [-0.25, -0.2) is 4.39 Å². The zero-order valence-corrected chi connectivity index (χ0v) is 16.4. The maximum atomic E-state index is 13.8. The van der Waals surface area contributed by atoms with Crippen molar-refractivity contribution in [1.82, 2.24) is 15.5 Å². The number of benzene rings is 2. The molecule has 0 radical (unpaired) electrons. The van der Waals surface area contributed by atoms with Gasteiger partial charge in [-0.15, -0.1) is 0 Å². The van der Waals surface area contributed by atoms with Crippen molar-refractivity contribution in [3.8, 4) is 11.3 Å². The van der Waals surface area contributed by atoms with Crippen LogP contribution >= 0.6 is 0 Å². The first-order valence-corrected chi connectivity index (χ1v) is 9.80. The molecule has 1 aliphatic heterocycles. The lowest BCUT2D eigenvalue weighted by atomic mass is 9.74. The number of aryl methyl sites for hydroxylation is 1. The van der Waals surface area contributed by atoms with Crippen molar-refractivity contribution >= 4 is 5.91 Å². The number of nitrogens with one attached hydrogen (secondary N) is 2. The third kappa shape index (κ3) is 4.22. The van der Waals surface area contributed by atoms with Gasteiger partial charge in [-0.2, -0.15) is 5.10 Å². The average Bonchev–Trinajstić information content (AvgIpc) is 3.24. The number of hydrogen-bond donors (Lipinski definition) is 2. The molecule has 1 aliphatic rings. The SMILES string of the molecule is Cc1ccc(-c2cc(C(=O)NCC3(c4cccc(F)c4)CCOCC3)[nH]n2)cc1. The summed E-state index contributed by atoms with van der Waals surface area (Å²) in [5, 5.41) is 10.1. The largest absolute Gasteiger partial charge is 0.381 e. The smallest absolute Gasteiger partial charge is 0.269 e. The molecule has 1 fully saturated rings. The molecule has 0 atom stereocenters. The van der Waals surface area contributed by atoms with E-state index >= 15 is 0 Å². The van der Waals surface area contributed by atoms with Crippen molar-refractivity contribution in [2.75, 3.05) is 19.8 Å². The van der Waals surface area contributed by atoms with Crippen molar-refractivity contribution in [2.45, 2.75) is 25.2 Å². The van der Waals surface area contributed by atoms with Crippen LogP contribution in [0.15, 0.2) is 54.6 Å². The van der Waals surface area contributed by atoms with Crippen molar-refractivity contribution in [1.29, 1.82) is 0 Å². The minimum atomic E-state index is -0.337. The Morgan fingerprint density at radius 1 is 1.17 bits per heavy atom. The van der Waals surface area contributed by atoms with Gasteiger partial charge >= 0.3 is 0 Å². The first-order valence-electron chi connectivity index (χ1n) is 9.80. The van der Waals surface area contributed by atoms with Gasteiger partial charge in [-0.05, 0) is 43.5 Å². The molecular formula is C23H24FN3O2. The van der Waals surface area contributed by atoms with E-state index in [1.165, 1.54) is 11.6 Å². The molecule has 0 unspecified atom stereocenters. The molecule has 29 heavy (non-hydrogen) atoms. The normalized spacial score (nSPS) is 15.8. The monoisotopic (exact) mass is 393 g/mol. The number of H-pyrrole nitrogens is 1. The summed E-state index contributed by atoms with van der Waals surface area (Å²) >= 11 is 0. The van der Waals surface area contributed by atoms with Crippen molar-refractivity contribution in [3.63, 3.8) is 0 Å². The molecule has 5 nitrogen and oxygen atoms in total. The number of aromatic amines is 1. The van der Waals surface area contributed by atoms with Gasteiger partial charge in [-0.1, -0.05) is 42.0 Å². The number of halogens is 1. The third-order valence-corrected chi connectivity index (χ3v) is 5.64. The van der Waals surface area contributed by atoms with E-state index < -0.39 is 0 Å². The number of carbonyl (C=O) groups excluding carboxylic acids is 1. The molecule has 0 aliphatic carbocycles. The number of carbonyl (C=O) groups is 1. The molecule has 2 aromatic carbocycles. The molecule has 150 valence electrons. The Bertz CT molecular complexity index is 991. The van der Waals surface area contributed by atoms with Crippen LogP contribution in [0.4, 0.5) is 4.39 Å². The predicted molar refractivity (Wildman–Crippen MR) is 109 cm³/mol. The van der Waals surface area contributed by atoms with E-state index in [9.17, 15) is 9.18 Å². The van der Waals surface area contributed by atoms with Crippen LogP contribution in [0, 0.1) is 12.7 Å². The first-order chi connectivity index (χ1) is 14.1. The number of aromatic nitrogens is 2. The van der Waals surface area contributed by atoms with Crippen molar-refractivity contribution in [2.24, 2.45) is 0 Å². The Balaban J connectivity index is 1.49. The Morgan fingerprint density at radius 2 is 1.93 bits per heavy atom. The van der Waals surface area contributed by atoms with E-state index in [1.54, 1.807) is 18.2 Å². The zero-order valence-electron chi connectivity index (χ0n) is 16.4. The molecule has 1 saturated heterocycles. The number of nitrogens with zero attached hydrogens (tertiary/aromatic N) is 1. The van der Waals surface area contributed by atoms with Gasteiger partial charge in [0.15, 0.2) is 0 Å². The number of ether oxygens (including phenoxy) is 1. The fourth-order valence-electron chi connectivity index (χ4n) is 3.80. The molecule has 1 aromatic heterocycles. The Hall–Kier alpha value is -2.99. The summed E-state index contributed by atoms with van der Waals surface area (Å²) in [5.41, 5.74) is 3.80. The Kier molecular flexibility index (Phi) is 5.45. The quantitative estimate of drug-likeness (QED) is 0.688. The van der Waals surface area contributed by atoms with Gasteiger partial charge in [0.2, 0.25) is 0 Å². The second-order valence-electron chi connectivity index (χ2n) is 7.62. The Labute approximate surface area is 169 Å². The minimum Gasteiger partial charge on any atom is -0.381 e. The van der Waals surface area contributed by atoms with E-state index in [2.05, 4.69) is 15.5 Å². The van der Waals surface area contributed by atoms with Crippen LogP contribution < -0.4 is 5.32 Å². The molecule has 0 saturated carbocycles. The summed E-state index contributed by atoms with van der Waals surface area (Å²) in [6, 6.07) is 16.4.